The van der Waals surface area contributed by atoms with Crippen molar-refractivity contribution in [3.8, 4) is 0 Å². The molecule has 6 heteroatoms. The van der Waals surface area contributed by atoms with Gasteiger partial charge in [-0.15, -0.1) is 0 Å². The number of hydrogen-bond acceptors (Lipinski definition) is 4. The number of unbranched alkanes of at least 4 members (excludes halogenated alkanes) is 5. The molecule has 6 nitrogen and oxygen atoms in total. The van der Waals surface area contributed by atoms with Gasteiger partial charge in [0.1, 0.15) is 5.41 Å². The summed E-state index contributed by atoms with van der Waals surface area (Å²) in [5.41, 5.74) is 0.163. The smallest absolute Gasteiger partial charge is 0.317 e. The second-order valence-electron chi connectivity index (χ2n) is 15.3. The predicted molar refractivity (Wildman–Crippen MR) is 157 cm³/mol. The fourth-order valence-corrected chi connectivity index (χ4v) is 9.92. The van der Waals surface area contributed by atoms with E-state index in [1.807, 2.05) is 4.90 Å². The molecule has 1 saturated heterocycles. The van der Waals surface area contributed by atoms with E-state index in [2.05, 4.69) is 32.2 Å². The number of carbonyl (C=O) groups excluding carboxylic acids is 3. The molecule has 0 aromatic carbocycles. The molecule has 2 atom stereocenters. The van der Waals surface area contributed by atoms with Gasteiger partial charge in [-0.25, -0.2) is 0 Å². The third-order valence-corrected chi connectivity index (χ3v) is 11.2. The molecule has 4 saturated carbocycles. The predicted octanol–water partition coefficient (Wildman–Crippen LogP) is 6.78. The van der Waals surface area contributed by atoms with Gasteiger partial charge in [0.2, 0.25) is 11.8 Å². The topological polar surface area (TPSA) is 75.7 Å². The number of rotatable bonds is 12. The van der Waals surface area contributed by atoms with E-state index in [1.165, 1.54) is 71.3 Å². The normalized spacial score (nSPS) is 35.8. The van der Waals surface area contributed by atoms with Crippen LogP contribution < -0.4 is 5.32 Å². The second-order valence-corrected chi connectivity index (χ2v) is 15.3. The van der Waals surface area contributed by atoms with E-state index in [1.54, 1.807) is 0 Å². The summed E-state index contributed by atoms with van der Waals surface area (Å²) in [5.74, 6) is 1.77. The number of fused-ring (bicyclic) bond motifs is 1. The van der Waals surface area contributed by atoms with Crippen molar-refractivity contribution >= 4 is 17.8 Å². The van der Waals surface area contributed by atoms with E-state index >= 15 is 0 Å². The maximum absolute atomic E-state index is 14.0. The summed E-state index contributed by atoms with van der Waals surface area (Å²) >= 11 is 0. The number of methoxy groups -OCH3 is 1. The van der Waals surface area contributed by atoms with E-state index in [4.69, 9.17) is 4.74 Å². The lowest BCUT2D eigenvalue weighted by Gasteiger charge is -2.57. The minimum absolute atomic E-state index is 0.0176. The molecule has 0 radical (unpaired) electrons. The van der Waals surface area contributed by atoms with E-state index in [0.717, 1.165) is 49.3 Å². The van der Waals surface area contributed by atoms with Gasteiger partial charge in [0.25, 0.3) is 0 Å². The molecule has 0 aromatic rings. The standard InChI is InChI=1S/C34H54N2O4/c1-5-6-7-8-9-10-13-36-28-11-12-32(2,3)22-34(28,31(39)40-4)21-27(30(36)38)17-29(37)35-23-33-18-24-14-25(19-33)16-26(15-24)20-33/h11,24-27H,5-10,12-23H2,1-4H3,(H,35,37)/t24?,25?,26?,27-,33?,34-/m1/s1. The van der Waals surface area contributed by atoms with Gasteiger partial charge >= 0.3 is 5.97 Å². The fraction of sp³-hybridized carbons (Fsp3) is 0.853. The van der Waals surface area contributed by atoms with Gasteiger partial charge in [-0.1, -0.05) is 59.0 Å². The minimum atomic E-state index is -0.864. The average Bonchev–Trinajstić information content (AvgIpc) is 2.89. The summed E-state index contributed by atoms with van der Waals surface area (Å²) in [6.45, 7) is 7.95. The molecule has 6 aliphatic rings. The highest BCUT2D eigenvalue weighted by Crippen LogP contribution is 2.60. The van der Waals surface area contributed by atoms with Crippen molar-refractivity contribution in [2.75, 3.05) is 20.2 Å². The van der Waals surface area contributed by atoms with Gasteiger partial charge in [0.05, 0.1) is 7.11 Å². The van der Waals surface area contributed by atoms with Crippen molar-refractivity contribution in [2.45, 2.75) is 124 Å². The molecule has 0 unspecified atom stereocenters. The van der Waals surface area contributed by atoms with Crippen LogP contribution >= 0.6 is 0 Å². The summed E-state index contributed by atoms with van der Waals surface area (Å²) in [5, 5.41) is 3.30. The first-order valence-electron chi connectivity index (χ1n) is 16.5. The van der Waals surface area contributed by atoms with Crippen LogP contribution in [0, 0.1) is 39.9 Å². The van der Waals surface area contributed by atoms with E-state index in [-0.39, 0.29) is 35.0 Å². The van der Waals surface area contributed by atoms with Crippen LogP contribution in [0.3, 0.4) is 0 Å². The minimum Gasteiger partial charge on any atom is -0.468 e. The number of piperidine rings is 1. The highest BCUT2D eigenvalue weighted by atomic mass is 16.5. The van der Waals surface area contributed by atoms with Gasteiger partial charge in [0, 0.05) is 31.1 Å². The first-order valence-corrected chi connectivity index (χ1v) is 16.5. The van der Waals surface area contributed by atoms with Crippen LogP contribution in [0.1, 0.15) is 124 Å². The number of hydrogen-bond donors (Lipinski definition) is 1. The molecular weight excluding hydrogens is 500 g/mol. The lowest BCUT2D eigenvalue weighted by atomic mass is 9.49. The third kappa shape index (κ3) is 6.02. The van der Waals surface area contributed by atoms with E-state index in [9.17, 15) is 14.4 Å². The van der Waals surface area contributed by atoms with Crippen LogP contribution in [0.5, 0.6) is 0 Å². The Balaban J connectivity index is 1.29. The van der Waals surface area contributed by atoms with Crippen molar-refractivity contribution in [1.82, 2.24) is 10.2 Å². The Hall–Kier alpha value is -1.85. The molecule has 0 aromatic heterocycles. The number of carbonyl (C=O) groups is 3. The number of nitrogens with zero attached hydrogens (tertiary/aromatic N) is 1. The monoisotopic (exact) mass is 554 g/mol. The Morgan fingerprint density at radius 1 is 0.975 bits per heavy atom. The number of allylic oxidation sites excluding steroid dienone is 1. The quantitative estimate of drug-likeness (QED) is 0.213. The molecule has 224 valence electrons. The van der Waals surface area contributed by atoms with E-state index in [0.29, 0.717) is 19.4 Å². The SMILES string of the molecule is CCCCCCCCN1C(=O)[C@H](CC(=O)NCC23CC4CC(CC(C4)C2)C3)C[C@@]2(C(=O)OC)CC(C)(C)CC=C12. The van der Waals surface area contributed by atoms with Crippen molar-refractivity contribution in [1.29, 1.82) is 0 Å². The van der Waals surface area contributed by atoms with Gasteiger partial charge in [-0.3, -0.25) is 14.4 Å². The van der Waals surface area contributed by atoms with Crippen LogP contribution in [0.15, 0.2) is 11.8 Å². The molecule has 6 rings (SSSR count). The molecule has 5 aliphatic carbocycles. The van der Waals surface area contributed by atoms with Gasteiger partial charge < -0.3 is 15.0 Å². The van der Waals surface area contributed by atoms with Crippen molar-refractivity contribution in [3.05, 3.63) is 11.8 Å². The summed E-state index contributed by atoms with van der Waals surface area (Å²) < 4.78 is 5.42. The summed E-state index contributed by atoms with van der Waals surface area (Å²) in [6.07, 6.45) is 18.9. The van der Waals surface area contributed by atoms with E-state index < -0.39 is 11.3 Å². The van der Waals surface area contributed by atoms with Crippen LogP contribution in [0.25, 0.3) is 0 Å². The second kappa shape index (κ2) is 11.8. The Bertz CT molecular complexity index is 965. The Morgan fingerprint density at radius 2 is 1.60 bits per heavy atom. The molecule has 4 bridgehead atoms. The first kappa shape index (κ1) is 29.6. The number of esters is 1. The first-order chi connectivity index (χ1) is 19.1. The summed E-state index contributed by atoms with van der Waals surface area (Å²) in [7, 11) is 1.46. The van der Waals surface area contributed by atoms with Crippen molar-refractivity contribution in [2.24, 2.45) is 39.9 Å². The fourth-order valence-electron chi connectivity index (χ4n) is 9.92. The lowest BCUT2D eigenvalue weighted by molar-refractivity contribution is -0.162. The van der Waals surface area contributed by atoms with Crippen molar-refractivity contribution in [3.63, 3.8) is 0 Å². The third-order valence-electron chi connectivity index (χ3n) is 11.2. The van der Waals surface area contributed by atoms with Gasteiger partial charge in [-0.05, 0) is 92.8 Å². The number of ether oxygens (including phenoxy) is 1. The Labute approximate surface area is 242 Å². The van der Waals surface area contributed by atoms with Crippen LogP contribution in [0.4, 0.5) is 0 Å². The molecule has 5 fully saturated rings. The Kier molecular flexibility index (Phi) is 8.74. The molecule has 40 heavy (non-hydrogen) atoms. The number of likely N-dealkylation sites (tertiary alicyclic amines) is 1. The highest BCUT2D eigenvalue weighted by Gasteiger charge is 2.57. The Morgan fingerprint density at radius 3 is 2.23 bits per heavy atom. The zero-order valence-corrected chi connectivity index (χ0v) is 25.7. The molecule has 0 spiro atoms. The average molecular weight is 555 g/mol. The molecule has 1 heterocycles. The molecule has 2 amide bonds. The molecule has 1 N–H and O–H groups in total. The summed E-state index contributed by atoms with van der Waals surface area (Å²) in [4.78, 5) is 42.8. The van der Waals surface area contributed by atoms with Crippen LogP contribution in [0.2, 0.25) is 0 Å². The van der Waals surface area contributed by atoms with Gasteiger partial charge in [0.15, 0.2) is 0 Å². The molecular formula is C34H54N2O4. The van der Waals surface area contributed by atoms with Gasteiger partial charge in [-0.2, -0.15) is 0 Å². The highest BCUT2D eigenvalue weighted by molar-refractivity contribution is 5.92. The number of nitrogens with one attached hydrogen (secondary N) is 1. The zero-order chi connectivity index (χ0) is 28.5. The van der Waals surface area contributed by atoms with Crippen LogP contribution in [-0.4, -0.2) is 42.9 Å². The number of amides is 2. The maximum Gasteiger partial charge on any atom is 0.317 e. The van der Waals surface area contributed by atoms with Crippen molar-refractivity contribution < 1.29 is 19.1 Å². The lowest BCUT2D eigenvalue weighted by Crippen LogP contribution is -2.56. The largest absolute Gasteiger partial charge is 0.468 e. The van der Waals surface area contributed by atoms with Crippen LogP contribution in [-0.2, 0) is 19.1 Å². The molecule has 1 aliphatic heterocycles. The maximum atomic E-state index is 14.0. The zero-order valence-electron chi connectivity index (χ0n) is 25.7. The summed E-state index contributed by atoms with van der Waals surface area (Å²) in [6, 6.07) is 0.